The zero-order valence-corrected chi connectivity index (χ0v) is 27.2. The largest absolute Gasteiger partial charge is 0.457 e. The van der Waals surface area contributed by atoms with Crippen molar-refractivity contribution in [1.29, 1.82) is 0 Å². The number of amides is 2. The van der Waals surface area contributed by atoms with Gasteiger partial charge in [-0.15, -0.1) is 0 Å². The molecule has 0 bridgehead atoms. The van der Waals surface area contributed by atoms with Crippen LogP contribution in [0.3, 0.4) is 0 Å². The van der Waals surface area contributed by atoms with Gasteiger partial charge in [-0.25, -0.2) is 0 Å². The first-order valence-corrected chi connectivity index (χ1v) is 16.9. The van der Waals surface area contributed by atoms with Crippen LogP contribution in [0.5, 0.6) is 11.5 Å². The third-order valence-corrected chi connectivity index (χ3v) is 9.99. The van der Waals surface area contributed by atoms with Crippen LogP contribution in [0.4, 0.5) is 18.9 Å². The Balaban J connectivity index is 1.02. The highest BCUT2D eigenvalue weighted by atomic mass is 19.4. The van der Waals surface area contributed by atoms with Crippen molar-refractivity contribution in [1.82, 2.24) is 15.1 Å². The van der Waals surface area contributed by atoms with E-state index in [1.807, 2.05) is 41.3 Å². The fourth-order valence-corrected chi connectivity index (χ4v) is 7.50. The number of hydrogen-bond acceptors (Lipinski definition) is 5. The van der Waals surface area contributed by atoms with Crippen molar-refractivity contribution in [2.45, 2.75) is 37.4 Å². The van der Waals surface area contributed by atoms with E-state index < -0.39 is 24.0 Å². The Labute approximate surface area is 284 Å². The Kier molecular flexibility index (Phi) is 9.07. The van der Waals surface area contributed by atoms with Crippen LogP contribution >= 0.6 is 0 Å². The number of alkyl halides is 3. The minimum Gasteiger partial charge on any atom is -0.457 e. The molecule has 1 N–H and O–H groups in total. The molecule has 0 unspecified atom stereocenters. The molecular weight excluding hydrogens is 629 g/mol. The van der Waals surface area contributed by atoms with Crippen LogP contribution in [0.25, 0.3) is 0 Å². The number of piperazine rings is 1. The van der Waals surface area contributed by atoms with Crippen molar-refractivity contribution < 1.29 is 27.5 Å². The molecule has 4 aromatic carbocycles. The number of nitrogens with one attached hydrogen (secondary N) is 1. The fourth-order valence-electron chi connectivity index (χ4n) is 7.50. The van der Waals surface area contributed by atoms with Crippen molar-refractivity contribution in [2.75, 3.05) is 50.7 Å². The molecule has 3 aliphatic heterocycles. The van der Waals surface area contributed by atoms with Crippen LogP contribution in [0.2, 0.25) is 0 Å². The van der Waals surface area contributed by atoms with Gasteiger partial charge >= 0.3 is 6.18 Å². The topological polar surface area (TPSA) is 65.1 Å². The van der Waals surface area contributed by atoms with E-state index >= 15 is 0 Å². The highest BCUT2D eigenvalue weighted by Gasteiger charge is 2.48. The second-order valence-electron chi connectivity index (χ2n) is 13.0. The van der Waals surface area contributed by atoms with E-state index in [1.165, 1.54) is 0 Å². The second kappa shape index (κ2) is 13.6. The van der Waals surface area contributed by atoms with Crippen LogP contribution in [-0.2, 0) is 23.2 Å². The molecule has 0 saturated carbocycles. The number of ether oxygens (including phenoxy) is 1. The maximum Gasteiger partial charge on any atom is 0.405 e. The van der Waals surface area contributed by atoms with Crippen molar-refractivity contribution in [3.8, 4) is 11.5 Å². The minimum absolute atomic E-state index is 0.0649. The lowest BCUT2D eigenvalue weighted by molar-refractivity contribution is -0.141. The van der Waals surface area contributed by atoms with Gasteiger partial charge in [-0.05, 0) is 61.2 Å². The van der Waals surface area contributed by atoms with E-state index in [1.54, 1.807) is 48.5 Å². The van der Waals surface area contributed by atoms with E-state index in [0.29, 0.717) is 55.1 Å². The molecule has 10 heteroatoms. The number of hydrogen-bond donors (Lipinski definition) is 1. The third-order valence-electron chi connectivity index (χ3n) is 9.99. The molecule has 0 aliphatic carbocycles. The summed E-state index contributed by atoms with van der Waals surface area (Å²) >= 11 is 0. The molecule has 0 radical (unpaired) electrons. The lowest BCUT2D eigenvalue weighted by Crippen LogP contribution is -2.50. The number of anilines is 1. The first-order valence-electron chi connectivity index (χ1n) is 16.9. The number of carbonyl (C=O) groups is 2. The van der Waals surface area contributed by atoms with Gasteiger partial charge < -0.3 is 19.9 Å². The second-order valence-corrected chi connectivity index (χ2v) is 13.0. The summed E-state index contributed by atoms with van der Waals surface area (Å²) in [6, 6.07) is 30.5. The van der Waals surface area contributed by atoms with Crippen molar-refractivity contribution >= 4 is 17.5 Å². The summed E-state index contributed by atoms with van der Waals surface area (Å²) in [5.74, 6) is 0.338. The fraction of sp³-hybridized carbons (Fsp3) is 0.333. The van der Waals surface area contributed by atoms with E-state index in [4.69, 9.17) is 4.74 Å². The summed E-state index contributed by atoms with van der Waals surface area (Å²) in [6.45, 7) is 3.70. The normalized spacial score (nSPS) is 17.1. The van der Waals surface area contributed by atoms with Gasteiger partial charge in [0.1, 0.15) is 23.5 Å². The molecular formula is C39H39F3N4O3. The van der Waals surface area contributed by atoms with E-state index in [9.17, 15) is 22.8 Å². The van der Waals surface area contributed by atoms with Gasteiger partial charge in [0.05, 0.1) is 0 Å². The van der Waals surface area contributed by atoms with Crippen LogP contribution in [0, 0.1) is 0 Å². The molecule has 4 aromatic rings. The average molecular weight is 669 g/mol. The van der Waals surface area contributed by atoms with Gasteiger partial charge in [-0.3, -0.25) is 14.5 Å². The molecule has 3 aliphatic rings. The first kappa shape index (κ1) is 32.7. The van der Waals surface area contributed by atoms with Gasteiger partial charge in [0, 0.05) is 61.6 Å². The summed E-state index contributed by atoms with van der Waals surface area (Å²) in [7, 11) is 0. The lowest BCUT2D eigenvalue weighted by atomic mass is 9.68. The van der Waals surface area contributed by atoms with Gasteiger partial charge in [-0.1, -0.05) is 72.8 Å². The van der Waals surface area contributed by atoms with E-state index in [2.05, 4.69) is 27.2 Å². The number of halogens is 3. The maximum atomic E-state index is 13.9. The summed E-state index contributed by atoms with van der Waals surface area (Å²) in [5, 5.41) is 2.20. The Morgan fingerprint density at radius 1 is 0.816 bits per heavy atom. The predicted octanol–water partition coefficient (Wildman–Crippen LogP) is 6.56. The summed E-state index contributed by atoms with van der Waals surface area (Å²) in [5.41, 5.74) is 3.82. The van der Waals surface area contributed by atoms with Gasteiger partial charge in [0.2, 0.25) is 5.91 Å². The van der Waals surface area contributed by atoms with Gasteiger partial charge in [0.25, 0.3) is 5.91 Å². The molecule has 1 fully saturated rings. The number of rotatable bonds is 9. The zero-order valence-electron chi connectivity index (χ0n) is 27.2. The van der Waals surface area contributed by atoms with Gasteiger partial charge in [0.15, 0.2) is 0 Å². The van der Waals surface area contributed by atoms with Gasteiger partial charge in [-0.2, -0.15) is 13.2 Å². The molecule has 0 spiro atoms. The highest BCUT2D eigenvalue weighted by molar-refractivity contribution is 5.98. The van der Waals surface area contributed by atoms with E-state index in [0.717, 1.165) is 55.0 Å². The summed E-state index contributed by atoms with van der Waals surface area (Å²) < 4.78 is 46.0. The number of nitrogens with zero attached hydrogens (tertiary/aromatic N) is 3. The SMILES string of the molecule is O=C1c2cc(N3CCN(CCCC4(C(=O)NCC(F)(F)F)c5ccccc5Oc5ccccc54)CC3)ccc2CCN1Cc1ccccc1. The lowest BCUT2D eigenvalue weighted by Gasteiger charge is -2.40. The number of para-hydroxylation sites is 2. The Bertz CT molecular complexity index is 1780. The van der Waals surface area contributed by atoms with Crippen LogP contribution < -0.4 is 15.0 Å². The minimum atomic E-state index is -4.53. The number of carbonyl (C=O) groups excluding carboxylic acids is 2. The van der Waals surface area contributed by atoms with Crippen LogP contribution in [-0.4, -0.2) is 73.6 Å². The van der Waals surface area contributed by atoms with Crippen LogP contribution in [0.15, 0.2) is 97.1 Å². The Morgan fingerprint density at radius 3 is 2.14 bits per heavy atom. The molecule has 0 atom stereocenters. The predicted molar refractivity (Wildman–Crippen MR) is 182 cm³/mol. The Hall–Kier alpha value is -4.83. The summed E-state index contributed by atoms with van der Waals surface area (Å²) in [4.78, 5) is 33.9. The Morgan fingerprint density at radius 2 is 1.47 bits per heavy atom. The highest BCUT2D eigenvalue weighted by Crippen LogP contribution is 2.50. The van der Waals surface area contributed by atoms with E-state index in [-0.39, 0.29) is 5.91 Å². The van der Waals surface area contributed by atoms with Crippen molar-refractivity contribution in [3.05, 3.63) is 125 Å². The molecule has 2 amide bonds. The molecule has 7 nitrogen and oxygen atoms in total. The molecule has 49 heavy (non-hydrogen) atoms. The molecule has 7 rings (SSSR count). The molecule has 1 saturated heterocycles. The monoisotopic (exact) mass is 668 g/mol. The van der Waals surface area contributed by atoms with Crippen molar-refractivity contribution in [2.24, 2.45) is 0 Å². The maximum absolute atomic E-state index is 13.9. The number of fused-ring (bicyclic) bond motifs is 3. The average Bonchev–Trinajstić information content (AvgIpc) is 3.12. The standard InChI is InChI=1S/C39H39F3N4O3/c40-39(41,42)27-43-37(48)38(32-11-4-6-13-34(32)49-35-14-7-5-12-33(35)38)18-8-19-44-21-23-45(24-22-44)30-16-15-29-17-20-46(36(47)31(29)25-30)26-28-9-2-1-3-10-28/h1-7,9-16,25H,8,17-24,26-27H2,(H,43,48). The number of benzene rings is 4. The third kappa shape index (κ3) is 6.74. The van der Waals surface area contributed by atoms with Crippen molar-refractivity contribution in [3.63, 3.8) is 0 Å². The molecule has 3 heterocycles. The first-order chi connectivity index (χ1) is 23.7. The molecule has 254 valence electrons. The summed E-state index contributed by atoms with van der Waals surface area (Å²) in [6.07, 6.45) is -2.79. The quantitative estimate of drug-likeness (QED) is 0.219. The smallest absolute Gasteiger partial charge is 0.405 e. The van der Waals surface area contributed by atoms with Crippen LogP contribution in [0.1, 0.15) is 45.5 Å². The molecule has 0 aromatic heterocycles. The zero-order chi connectivity index (χ0) is 34.0.